The Morgan fingerprint density at radius 3 is 1.91 bits per heavy atom. The van der Waals surface area contributed by atoms with Crippen molar-refractivity contribution in [1.82, 2.24) is 19.9 Å². The van der Waals surface area contributed by atoms with Crippen LogP contribution in [-0.4, -0.2) is 19.9 Å². The lowest BCUT2D eigenvalue weighted by Gasteiger charge is -2.04. The van der Waals surface area contributed by atoms with Crippen molar-refractivity contribution in [3.05, 3.63) is 95.1 Å². The van der Waals surface area contributed by atoms with E-state index in [0.29, 0.717) is 5.56 Å². The number of hydrogen-bond donors (Lipinski definition) is 2. The molecule has 8 bridgehead atoms. The molecule has 150 valence electrons. The second-order valence-corrected chi connectivity index (χ2v) is 7.74. The van der Waals surface area contributed by atoms with Gasteiger partial charge in [0.15, 0.2) is 0 Å². The summed E-state index contributed by atoms with van der Waals surface area (Å²) < 4.78 is 0. The van der Waals surface area contributed by atoms with Gasteiger partial charge in [0.2, 0.25) is 0 Å². The molecule has 0 atom stereocenters. The first kappa shape index (κ1) is 18.1. The number of H-pyrrole nitrogens is 2. The third-order valence-corrected chi connectivity index (χ3v) is 5.52. The van der Waals surface area contributed by atoms with E-state index in [-0.39, 0.29) is 0 Å². The fourth-order valence-corrected chi connectivity index (χ4v) is 4.02. The fourth-order valence-electron chi connectivity index (χ4n) is 4.02. The van der Waals surface area contributed by atoms with Crippen molar-refractivity contribution < 1.29 is 0 Å². The van der Waals surface area contributed by atoms with Gasteiger partial charge in [-0.25, -0.2) is 9.97 Å². The molecular weight excluding hydrogens is 394 g/mol. The SMILES string of the molecule is N#Cc1ccc(-c2c3nc(cc4ccc(cc5nc(cc6ccc2[nH]6)C=C5)[nH]4)C=C3)cc1. The molecular formula is C27H17N5. The largest absolute Gasteiger partial charge is 0.355 e. The van der Waals surface area contributed by atoms with E-state index in [1.165, 1.54) is 0 Å². The van der Waals surface area contributed by atoms with E-state index in [4.69, 9.17) is 9.97 Å². The number of hydrogen-bond acceptors (Lipinski definition) is 3. The number of nitriles is 1. The van der Waals surface area contributed by atoms with E-state index in [0.717, 1.165) is 56.0 Å². The van der Waals surface area contributed by atoms with Crippen LogP contribution in [0.15, 0.2) is 66.7 Å². The highest BCUT2D eigenvalue weighted by molar-refractivity contribution is 5.91. The summed E-state index contributed by atoms with van der Waals surface area (Å²) in [6.07, 6.45) is 8.07. The van der Waals surface area contributed by atoms with Gasteiger partial charge in [-0.3, -0.25) is 0 Å². The second kappa shape index (κ2) is 7.22. The summed E-state index contributed by atoms with van der Waals surface area (Å²) in [7, 11) is 0. The minimum atomic E-state index is 0.630. The molecule has 1 aromatic carbocycles. The molecule has 5 heterocycles. The maximum Gasteiger partial charge on any atom is 0.0991 e. The van der Waals surface area contributed by atoms with Gasteiger partial charge in [-0.05, 0) is 84.5 Å². The molecule has 2 aliphatic rings. The van der Waals surface area contributed by atoms with Crippen LogP contribution in [0.25, 0.3) is 57.5 Å². The minimum absolute atomic E-state index is 0.630. The van der Waals surface area contributed by atoms with E-state index in [9.17, 15) is 5.26 Å². The van der Waals surface area contributed by atoms with Gasteiger partial charge >= 0.3 is 0 Å². The lowest BCUT2D eigenvalue weighted by atomic mass is 10.0. The normalized spacial score (nSPS) is 12.1. The number of fused-ring (bicyclic) bond motifs is 8. The number of benzene rings is 1. The molecule has 0 aliphatic carbocycles. The highest BCUT2D eigenvalue weighted by Gasteiger charge is 2.11. The summed E-state index contributed by atoms with van der Waals surface area (Å²) >= 11 is 0. The summed E-state index contributed by atoms with van der Waals surface area (Å²) in [4.78, 5) is 16.5. The minimum Gasteiger partial charge on any atom is -0.355 e. The van der Waals surface area contributed by atoms with Crippen molar-refractivity contribution in [2.75, 3.05) is 0 Å². The Morgan fingerprint density at radius 1 is 0.625 bits per heavy atom. The maximum atomic E-state index is 9.18. The lowest BCUT2D eigenvalue weighted by Crippen LogP contribution is -1.86. The first-order chi connectivity index (χ1) is 15.7. The molecule has 5 heteroatoms. The molecule has 0 fully saturated rings. The maximum absolute atomic E-state index is 9.18. The van der Waals surface area contributed by atoms with Crippen molar-refractivity contribution in [2.45, 2.75) is 0 Å². The molecule has 2 aliphatic heterocycles. The predicted molar refractivity (Wildman–Crippen MR) is 129 cm³/mol. The highest BCUT2D eigenvalue weighted by atomic mass is 14.8. The Kier molecular flexibility index (Phi) is 4.09. The van der Waals surface area contributed by atoms with Crippen molar-refractivity contribution in [2.24, 2.45) is 0 Å². The van der Waals surface area contributed by atoms with E-state index in [1.54, 1.807) is 0 Å². The van der Waals surface area contributed by atoms with Crippen LogP contribution in [0.1, 0.15) is 28.3 Å². The van der Waals surface area contributed by atoms with Crippen molar-refractivity contribution in [1.29, 1.82) is 5.26 Å². The fraction of sp³-hybridized carbons (Fsp3) is 0. The van der Waals surface area contributed by atoms with Crippen LogP contribution in [0.3, 0.4) is 0 Å². The molecule has 0 saturated heterocycles. The Balaban J connectivity index is 1.69. The average molecular weight is 411 g/mol. The second-order valence-electron chi connectivity index (χ2n) is 7.74. The summed E-state index contributed by atoms with van der Waals surface area (Å²) in [5, 5.41) is 9.18. The van der Waals surface area contributed by atoms with Crippen LogP contribution >= 0.6 is 0 Å². The van der Waals surface area contributed by atoms with Gasteiger partial charge in [-0.2, -0.15) is 5.26 Å². The average Bonchev–Trinajstić information content (AvgIpc) is 3.60. The smallest absolute Gasteiger partial charge is 0.0991 e. The topological polar surface area (TPSA) is 81.2 Å². The first-order valence-corrected chi connectivity index (χ1v) is 10.3. The number of rotatable bonds is 1. The van der Waals surface area contributed by atoms with Crippen molar-refractivity contribution in [3.63, 3.8) is 0 Å². The van der Waals surface area contributed by atoms with Gasteiger partial charge in [-0.1, -0.05) is 12.1 Å². The standard InChI is InChI=1S/C27H17N5/c28-16-17-1-3-18(4-2-17)27-25-11-9-23(31-25)14-21-7-5-19(29-21)13-20-6-8-22(30-20)15-24-10-12-26(27)32-24/h1-15,29,32H. The van der Waals surface area contributed by atoms with Crippen LogP contribution in [0.4, 0.5) is 0 Å². The van der Waals surface area contributed by atoms with Crippen LogP contribution in [0, 0.1) is 11.3 Å². The molecule has 6 rings (SSSR count). The molecule has 5 nitrogen and oxygen atoms in total. The van der Waals surface area contributed by atoms with Crippen molar-refractivity contribution in [3.8, 4) is 17.2 Å². The highest BCUT2D eigenvalue weighted by Crippen LogP contribution is 2.30. The third-order valence-electron chi connectivity index (χ3n) is 5.52. The van der Waals surface area contributed by atoms with Crippen LogP contribution in [-0.2, 0) is 0 Å². The van der Waals surface area contributed by atoms with E-state index >= 15 is 0 Å². The van der Waals surface area contributed by atoms with Gasteiger partial charge in [0, 0.05) is 27.6 Å². The Morgan fingerprint density at radius 2 is 1.22 bits per heavy atom. The summed E-state index contributed by atoms with van der Waals surface area (Å²) in [6.45, 7) is 0. The number of aromatic amines is 2. The monoisotopic (exact) mass is 411 g/mol. The molecule has 4 aromatic rings. The predicted octanol–water partition coefficient (Wildman–Crippen LogP) is 6.19. The number of nitrogens with one attached hydrogen (secondary N) is 2. The van der Waals surface area contributed by atoms with E-state index in [2.05, 4.69) is 22.1 Å². The zero-order valence-electron chi connectivity index (χ0n) is 17.0. The summed E-state index contributed by atoms with van der Waals surface area (Å²) in [6, 6.07) is 24.0. The molecule has 0 saturated carbocycles. The van der Waals surface area contributed by atoms with Gasteiger partial charge in [0.05, 0.1) is 34.4 Å². The molecule has 2 N–H and O–H groups in total. The number of nitrogens with zero attached hydrogens (tertiary/aromatic N) is 3. The van der Waals surface area contributed by atoms with Gasteiger partial charge in [0.25, 0.3) is 0 Å². The van der Waals surface area contributed by atoms with Crippen molar-refractivity contribution >= 4 is 46.4 Å². The van der Waals surface area contributed by atoms with E-state index in [1.807, 2.05) is 85.0 Å². The molecule has 0 spiro atoms. The molecule has 0 unspecified atom stereocenters. The van der Waals surface area contributed by atoms with Gasteiger partial charge in [-0.15, -0.1) is 0 Å². The zero-order valence-corrected chi connectivity index (χ0v) is 17.0. The number of aromatic nitrogens is 4. The molecule has 0 radical (unpaired) electrons. The van der Waals surface area contributed by atoms with E-state index < -0.39 is 0 Å². The third kappa shape index (κ3) is 3.30. The van der Waals surface area contributed by atoms with Crippen LogP contribution < -0.4 is 0 Å². The van der Waals surface area contributed by atoms with Gasteiger partial charge in [0.1, 0.15) is 0 Å². The Bertz CT molecular complexity index is 1620. The Labute approximate surface area is 184 Å². The quantitative estimate of drug-likeness (QED) is 0.338. The summed E-state index contributed by atoms with van der Waals surface area (Å²) in [5.41, 5.74) is 10.0. The molecule has 32 heavy (non-hydrogen) atoms. The first-order valence-electron chi connectivity index (χ1n) is 10.3. The summed E-state index contributed by atoms with van der Waals surface area (Å²) in [5.74, 6) is 0. The van der Waals surface area contributed by atoms with Crippen LogP contribution in [0.5, 0.6) is 0 Å². The molecule has 0 amide bonds. The van der Waals surface area contributed by atoms with Crippen LogP contribution in [0.2, 0.25) is 0 Å². The Hall–Kier alpha value is -4.69. The molecule has 3 aromatic heterocycles. The lowest BCUT2D eigenvalue weighted by molar-refractivity contribution is 1.31. The van der Waals surface area contributed by atoms with Gasteiger partial charge < -0.3 is 9.97 Å². The zero-order chi connectivity index (χ0) is 21.5.